The van der Waals surface area contributed by atoms with Gasteiger partial charge in [-0.05, 0) is 67.6 Å². The zero-order chi connectivity index (χ0) is 25.3. The number of carbonyl (C=O) groups excluding carboxylic acids is 1. The Bertz CT molecular complexity index is 1340. The van der Waals surface area contributed by atoms with Crippen molar-refractivity contribution in [3.8, 4) is 28.6 Å². The van der Waals surface area contributed by atoms with Crippen LogP contribution in [0.2, 0.25) is 5.02 Å². The van der Waals surface area contributed by atoms with E-state index < -0.39 is 0 Å². The van der Waals surface area contributed by atoms with Crippen LogP contribution in [0.1, 0.15) is 12.5 Å². The van der Waals surface area contributed by atoms with E-state index in [0.29, 0.717) is 28.4 Å². The van der Waals surface area contributed by atoms with Gasteiger partial charge in [0, 0.05) is 21.8 Å². The highest BCUT2D eigenvalue weighted by Crippen LogP contribution is 2.29. The molecule has 0 radical (unpaired) electrons. The molecule has 0 fully saturated rings. The molecule has 0 aliphatic heterocycles. The van der Waals surface area contributed by atoms with Crippen molar-refractivity contribution < 1.29 is 14.3 Å². The number of aromatic nitrogens is 3. The summed E-state index contributed by atoms with van der Waals surface area (Å²) in [6.07, 6.45) is 1.56. The van der Waals surface area contributed by atoms with Crippen molar-refractivity contribution in [2.24, 2.45) is 5.10 Å². The molecule has 1 heterocycles. The number of methoxy groups -OCH3 is 1. The molecule has 184 valence electrons. The Morgan fingerprint density at radius 3 is 2.56 bits per heavy atom. The van der Waals surface area contributed by atoms with Gasteiger partial charge in [0.25, 0.3) is 5.91 Å². The number of nitrogens with zero attached hydrogens (tertiary/aromatic N) is 4. The third-order valence-corrected chi connectivity index (χ3v) is 6.19. The molecule has 0 aliphatic carbocycles. The van der Waals surface area contributed by atoms with Gasteiger partial charge in [0.15, 0.2) is 11.0 Å². The van der Waals surface area contributed by atoms with Gasteiger partial charge in [-0.2, -0.15) is 5.10 Å². The topological polar surface area (TPSA) is 90.6 Å². The average Bonchev–Trinajstić information content (AvgIpc) is 3.33. The molecule has 3 aromatic carbocycles. The van der Waals surface area contributed by atoms with Crippen LogP contribution in [0.5, 0.6) is 11.5 Å². The number of para-hydroxylation sites is 1. The van der Waals surface area contributed by atoms with E-state index in [1.807, 2.05) is 72.2 Å². The van der Waals surface area contributed by atoms with Crippen molar-refractivity contribution in [3.63, 3.8) is 0 Å². The summed E-state index contributed by atoms with van der Waals surface area (Å²) in [7, 11) is 1.62. The molecule has 0 atom stereocenters. The van der Waals surface area contributed by atoms with Crippen LogP contribution in [-0.2, 0) is 4.79 Å². The van der Waals surface area contributed by atoms with Crippen molar-refractivity contribution >= 4 is 35.5 Å². The number of thioether (sulfide) groups is 1. The molecule has 0 unspecified atom stereocenters. The van der Waals surface area contributed by atoms with Gasteiger partial charge in [-0.25, -0.2) is 5.43 Å². The highest BCUT2D eigenvalue weighted by atomic mass is 35.5. The lowest BCUT2D eigenvalue weighted by Crippen LogP contribution is -2.20. The fraction of sp³-hybridized carbons (Fsp3) is 0.154. The second kappa shape index (κ2) is 12.2. The first-order valence-electron chi connectivity index (χ1n) is 11.1. The molecule has 4 aromatic rings. The lowest BCUT2D eigenvalue weighted by molar-refractivity contribution is -0.118. The minimum Gasteiger partial charge on any atom is -0.497 e. The van der Waals surface area contributed by atoms with E-state index in [4.69, 9.17) is 21.1 Å². The second-order valence-electron chi connectivity index (χ2n) is 7.40. The Kier molecular flexibility index (Phi) is 8.59. The van der Waals surface area contributed by atoms with Gasteiger partial charge < -0.3 is 9.47 Å². The summed E-state index contributed by atoms with van der Waals surface area (Å²) in [5, 5.41) is 14.0. The van der Waals surface area contributed by atoms with Crippen molar-refractivity contribution in [2.45, 2.75) is 12.1 Å². The Balaban J connectivity index is 1.50. The van der Waals surface area contributed by atoms with Gasteiger partial charge in [-0.1, -0.05) is 35.5 Å². The SMILES string of the molecule is CCOc1ccccc1/C=N/NC(=O)CSc1nnc(-c2ccc(OC)cc2)n1-c1ccc(Cl)cc1. The van der Waals surface area contributed by atoms with Gasteiger partial charge in [0.1, 0.15) is 11.5 Å². The molecule has 1 aromatic heterocycles. The zero-order valence-corrected chi connectivity index (χ0v) is 21.3. The number of ether oxygens (including phenoxy) is 2. The summed E-state index contributed by atoms with van der Waals surface area (Å²) in [6, 6.07) is 22.4. The molecule has 0 aliphatic rings. The Morgan fingerprint density at radius 1 is 1.08 bits per heavy atom. The number of carbonyl (C=O) groups is 1. The van der Waals surface area contributed by atoms with Crippen molar-refractivity contribution in [2.75, 3.05) is 19.5 Å². The monoisotopic (exact) mass is 521 g/mol. The Hall–Kier alpha value is -3.82. The molecule has 0 spiro atoms. The van der Waals surface area contributed by atoms with Crippen molar-refractivity contribution in [1.29, 1.82) is 0 Å². The number of hydrogen-bond acceptors (Lipinski definition) is 7. The van der Waals surface area contributed by atoms with E-state index in [9.17, 15) is 4.79 Å². The number of nitrogens with one attached hydrogen (secondary N) is 1. The molecule has 1 amide bonds. The molecule has 1 N–H and O–H groups in total. The van der Waals surface area contributed by atoms with Crippen molar-refractivity contribution in [1.82, 2.24) is 20.2 Å². The van der Waals surface area contributed by atoms with Crippen LogP contribution >= 0.6 is 23.4 Å². The van der Waals surface area contributed by atoms with Gasteiger partial charge in [0.05, 0.1) is 25.7 Å². The molecule has 36 heavy (non-hydrogen) atoms. The molecule has 4 rings (SSSR count). The van der Waals surface area contributed by atoms with Crippen molar-refractivity contribution in [3.05, 3.63) is 83.4 Å². The van der Waals surface area contributed by atoms with Gasteiger partial charge in [-0.3, -0.25) is 9.36 Å². The minimum absolute atomic E-state index is 0.0960. The predicted octanol–water partition coefficient (Wildman–Crippen LogP) is 5.24. The van der Waals surface area contributed by atoms with Crippen LogP contribution in [0.25, 0.3) is 17.1 Å². The average molecular weight is 522 g/mol. The standard InChI is InChI=1S/C26H24ClN5O3S/c1-3-35-23-7-5-4-6-19(23)16-28-29-24(33)17-36-26-31-30-25(18-8-14-22(34-2)15-9-18)32(26)21-12-10-20(27)11-13-21/h4-16H,3,17H2,1-2H3,(H,29,33)/b28-16+. The maximum absolute atomic E-state index is 12.5. The number of amides is 1. The summed E-state index contributed by atoms with van der Waals surface area (Å²) in [5.41, 5.74) is 5.01. The first kappa shape index (κ1) is 25.3. The number of hydrogen-bond donors (Lipinski definition) is 1. The van der Waals surface area contributed by atoms with Gasteiger partial charge >= 0.3 is 0 Å². The number of halogens is 1. The number of hydrazone groups is 1. The molecule has 0 bridgehead atoms. The highest BCUT2D eigenvalue weighted by molar-refractivity contribution is 7.99. The first-order chi connectivity index (χ1) is 17.6. The molecule has 0 saturated heterocycles. The summed E-state index contributed by atoms with van der Waals surface area (Å²) in [4.78, 5) is 12.5. The molecular weight excluding hydrogens is 498 g/mol. The first-order valence-corrected chi connectivity index (χ1v) is 12.5. The van der Waals surface area contributed by atoms with E-state index in [1.54, 1.807) is 25.5 Å². The van der Waals surface area contributed by atoms with Crippen LogP contribution in [0.3, 0.4) is 0 Å². The third kappa shape index (κ3) is 6.24. The number of benzene rings is 3. The predicted molar refractivity (Wildman–Crippen MR) is 142 cm³/mol. The summed E-state index contributed by atoms with van der Waals surface area (Å²) < 4.78 is 12.7. The maximum atomic E-state index is 12.5. The fourth-order valence-corrected chi connectivity index (χ4v) is 4.19. The molecule has 10 heteroatoms. The van der Waals surface area contributed by atoms with Gasteiger partial charge in [-0.15, -0.1) is 10.2 Å². The smallest absolute Gasteiger partial charge is 0.250 e. The largest absolute Gasteiger partial charge is 0.497 e. The fourth-order valence-electron chi connectivity index (χ4n) is 3.32. The van der Waals surface area contributed by atoms with Crippen LogP contribution in [0.15, 0.2) is 83.1 Å². The minimum atomic E-state index is -0.276. The van der Waals surface area contributed by atoms with E-state index in [0.717, 1.165) is 22.6 Å². The van der Waals surface area contributed by atoms with Crippen LogP contribution in [0, 0.1) is 0 Å². The summed E-state index contributed by atoms with van der Waals surface area (Å²) >= 11 is 7.35. The lowest BCUT2D eigenvalue weighted by atomic mass is 10.2. The summed E-state index contributed by atoms with van der Waals surface area (Å²) in [6.45, 7) is 2.45. The van der Waals surface area contributed by atoms with Crippen LogP contribution in [-0.4, -0.2) is 46.4 Å². The summed E-state index contributed by atoms with van der Waals surface area (Å²) in [5.74, 6) is 1.90. The molecule has 8 nitrogen and oxygen atoms in total. The highest BCUT2D eigenvalue weighted by Gasteiger charge is 2.17. The molecular formula is C26H24ClN5O3S. The Labute approximate surface area is 218 Å². The van der Waals surface area contributed by atoms with Crippen LogP contribution in [0.4, 0.5) is 0 Å². The zero-order valence-electron chi connectivity index (χ0n) is 19.7. The van der Waals surface area contributed by atoms with Gasteiger partial charge in [0.2, 0.25) is 0 Å². The molecule has 0 saturated carbocycles. The van der Waals surface area contributed by atoms with E-state index in [2.05, 4.69) is 20.7 Å². The Morgan fingerprint density at radius 2 is 1.83 bits per heavy atom. The normalized spacial score (nSPS) is 11.0. The third-order valence-electron chi connectivity index (χ3n) is 5.01. The maximum Gasteiger partial charge on any atom is 0.250 e. The van der Waals surface area contributed by atoms with E-state index in [1.165, 1.54) is 11.8 Å². The second-order valence-corrected chi connectivity index (χ2v) is 8.78. The van der Waals surface area contributed by atoms with E-state index in [-0.39, 0.29) is 11.7 Å². The quantitative estimate of drug-likeness (QED) is 0.174. The van der Waals surface area contributed by atoms with E-state index >= 15 is 0 Å². The lowest BCUT2D eigenvalue weighted by Gasteiger charge is -2.11. The number of rotatable bonds is 10. The van der Waals surface area contributed by atoms with Crippen LogP contribution < -0.4 is 14.9 Å².